The van der Waals surface area contributed by atoms with Gasteiger partial charge in [0.25, 0.3) is 5.91 Å². The number of ether oxygens (including phenoxy) is 2. The normalized spacial score (nSPS) is 14.7. The van der Waals surface area contributed by atoms with Crippen molar-refractivity contribution < 1.29 is 23.5 Å². The molecule has 0 radical (unpaired) electrons. The van der Waals surface area contributed by atoms with Crippen molar-refractivity contribution in [3.05, 3.63) is 65.1 Å². The summed E-state index contributed by atoms with van der Waals surface area (Å²) in [6, 6.07) is 10.5. The Kier molecular flexibility index (Phi) is 6.15. The Hall–Kier alpha value is -3.79. The minimum Gasteiger partial charge on any atom is -0.490 e. The summed E-state index contributed by atoms with van der Waals surface area (Å²) in [7, 11) is 0. The van der Waals surface area contributed by atoms with Crippen LogP contribution in [0.1, 0.15) is 18.1 Å². The standard InChI is InChI=1S/C22H19FN2O4/c1-3-11-29-19-10-9-15(13-20(19)28-4-2)12-18-21(26)25(22(27)24-18)14-16-7-5-6-8-17(16)23/h1,5-10,12-13H,4,11,14H2,2H3,(H,24,27). The number of rotatable bonds is 7. The Bertz CT molecular complexity index is 1010. The smallest absolute Gasteiger partial charge is 0.329 e. The highest BCUT2D eigenvalue weighted by molar-refractivity contribution is 6.13. The fraction of sp³-hybridized carbons (Fsp3) is 0.182. The number of urea groups is 1. The van der Waals surface area contributed by atoms with Crippen LogP contribution in [0.15, 0.2) is 48.2 Å². The van der Waals surface area contributed by atoms with Crippen LogP contribution in [-0.2, 0) is 11.3 Å². The number of carbonyl (C=O) groups is 2. The van der Waals surface area contributed by atoms with Gasteiger partial charge in [-0.1, -0.05) is 30.2 Å². The quantitative estimate of drug-likeness (QED) is 0.444. The molecule has 1 aliphatic rings. The number of hydrogen-bond donors (Lipinski definition) is 1. The molecule has 1 aliphatic heterocycles. The molecule has 0 aliphatic carbocycles. The van der Waals surface area contributed by atoms with Gasteiger partial charge in [0.15, 0.2) is 11.5 Å². The lowest BCUT2D eigenvalue weighted by atomic mass is 10.1. The summed E-state index contributed by atoms with van der Waals surface area (Å²) in [6.07, 6.45) is 6.74. The third kappa shape index (κ3) is 4.55. The van der Waals surface area contributed by atoms with Crippen LogP contribution in [0.2, 0.25) is 0 Å². The van der Waals surface area contributed by atoms with Crippen LogP contribution in [0.5, 0.6) is 11.5 Å². The summed E-state index contributed by atoms with van der Waals surface area (Å²) in [6.45, 7) is 2.19. The maximum atomic E-state index is 13.9. The molecule has 148 valence electrons. The van der Waals surface area contributed by atoms with E-state index in [4.69, 9.17) is 15.9 Å². The lowest BCUT2D eigenvalue weighted by Gasteiger charge is -2.12. The molecule has 0 spiro atoms. The molecule has 2 aromatic rings. The highest BCUT2D eigenvalue weighted by Crippen LogP contribution is 2.30. The number of imide groups is 1. The van der Waals surface area contributed by atoms with Crippen molar-refractivity contribution in [2.24, 2.45) is 0 Å². The van der Waals surface area contributed by atoms with E-state index in [0.717, 1.165) is 4.90 Å². The lowest BCUT2D eigenvalue weighted by molar-refractivity contribution is -0.123. The molecule has 3 amide bonds. The van der Waals surface area contributed by atoms with E-state index >= 15 is 0 Å². The predicted octanol–water partition coefficient (Wildman–Crippen LogP) is 3.33. The Morgan fingerprint density at radius 2 is 1.97 bits per heavy atom. The van der Waals surface area contributed by atoms with Gasteiger partial charge in [-0.3, -0.25) is 9.69 Å². The van der Waals surface area contributed by atoms with Crippen molar-refractivity contribution in [3.63, 3.8) is 0 Å². The van der Waals surface area contributed by atoms with Gasteiger partial charge in [0.2, 0.25) is 0 Å². The number of terminal acetylenes is 1. The first kappa shape index (κ1) is 20.0. The molecule has 0 bridgehead atoms. The topological polar surface area (TPSA) is 67.9 Å². The van der Waals surface area contributed by atoms with Crippen LogP contribution in [0, 0.1) is 18.2 Å². The van der Waals surface area contributed by atoms with Crippen LogP contribution in [0.25, 0.3) is 6.08 Å². The molecule has 7 heteroatoms. The molecule has 0 unspecified atom stereocenters. The van der Waals surface area contributed by atoms with Gasteiger partial charge in [-0.05, 0) is 36.8 Å². The SMILES string of the molecule is C#CCOc1ccc(C=C2NC(=O)N(Cc3ccccc3F)C2=O)cc1OCC. The summed E-state index contributed by atoms with van der Waals surface area (Å²) in [4.78, 5) is 25.8. The fourth-order valence-corrected chi connectivity index (χ4v) is 2.80. The minimum absolute atomic E-state index is 0.0890. The van der Waals surface area contributed by atoms with Crippen molar-refractivity contribution in [1.82, 2.24) is 10.2 Å². The van der Waals surface area contributed by atoms with E-state index in [2.05, 4.69) is 11.2 Å². The Morgan fingerprint density at radius 1 is 1.17 bits per heavy atom. The third-order valence-corrected chi connectivity index (χ3v) is 4.14. The highest BCUT2D eigenvalue weighted by atomic mass is 19.1. The second kappa shape index (κ2) is 8.93. The van der Waals surface area contributed by atoms with Gasteiger partial charge < -0.3 is 14.8 Å². The monoisotopic (exact) mass is 394 g/mol. The van der Waals surface area contributed by atoms with E-state index in [1.165, 1.54) is 18.2 Å². The van der Waals surface area contributed by atoms with Crippen molar-refractivity contribution in [2.45, 2.75) is 13.5 Å². The molecule has 6 nitrogen and oxygen atoms in total. The molecule has 0 atom stereocenters. The summed E-state index contributed by atoms with van der Waals surface area (Å²) in [5, 5.41) is 2.52. The lowest BCUT2D eigenvalue weighted by Crippen LogP contribution is -2.30. The number of halogens is 1. The largest absolute Gasteiger partial charge is 0.490 e. The van der Waals surface area contributed by atoms with Gasteiger partial charge in [0, 0.05) is 5.56 Å². The molecule has 3 rings (SSSR count). The number of benzene rings is 2. The number of nitrogens with zero attached hydrogens (tertiary/aromatic N) is 1. The summed E-state index contributed by atoms with van der Waals surface area (Å²) < 4.78 is 24.8. The predicted molar refractivity (Wildman–Crippen MR) is 105 cm³/mol. The first-order valence-corrected chi connectivity index (χ1v) is 8.94. The van der Waals surface area contributed by atoms with E-state index < -0.39 is 17.8 Å². The van der Waals surface area contributed by atoms with Crippen molar-refractivity contribution >= 4 is 18.0 Å². The number of nitrogens with one attached hydrogen (secondary N) is 1. The maximum Gasteiger partial charge on any atom is 0.329 e. The highest BCUT2D eigenvalue weighted by Gasteiger charge is 2.34. The second-order valence-corrected chi connectivity index (χ2v) is 6.10. The molecule has 1 N–H and O–H groups in total. The second-order valence-electron chi connectivity index (χ2n) is 6.10. The summed E-state index contributed by atoms with van der Waals surface area (Å²) in [5.41, 5.74) is 0.967. The maximum absolute atomic E-state index is 13.9. The third-order valence-electron chi connectivity index (χ3n) is 4.14. The minimum atomic E-state index is -0.608. The van der Waals surface area contributed by atoms with Crippen LogP contribution in [0.4, 0.5) is 9.18 Å². The van der Waals surface area contributed by atoms with Gasteiger partial charge in [-0.15, -0.1) is 6.42 Å². The van der Waals surface area contributed by atoms with E-state index in [-0.39, 0.29) is 24.4 Å². The van der Waals surface area contributed by atoms with E-state index in [9.17, 15) is 14.0 Å². The van der Waals surface area contributed by atoms with Crippen molar-refractivity contribution in [2.75, 3.05) is 13.2 Å². The Balaban J connectivity index is 1.82. The van der Waals surface area contributed by atoms with Crippen molar-refractivity contribution in [1.29, 1.82) is 0 Å². The van der Waals surface area contributed by atoms with Crippen molar-refractivity contribution in [3.8, 4) is 23.8 Å². The number of hydrogen-bond acceptors (Lipinski definition) is 4. The van der Waals surface area contributed by atoms with Gasteiger partial charge in [0.1, 0.15) is 18.1 Å². The molecular formula is C22H19FN2O4. The number of carbonyl (C=O) groups excluding carboxylic acids is 2. The Morgan fingerprint density at radius 3 is 2.69 bits per heavy atom. The van der Waals surface area contributed by atoms with Gasteiger partial charge in [-0.2, -0.15) is 0 Å². The zero-order valence-corrected chi connectivity index (χ0v) is 15.8. The molecular weight excluding hydrogens is 375 g/mol. The van der Waals surface area contributed by atoms with Gasteiger partial charge in [-0.25, -0.2) is 9.18 Å². The van der Waals surface area contributed by atoms with E-state index in [1.807, 2.05) is 6.92 Å². The Labute approximate surface area is 167 Å². The zero-order valence-electron chi connectivity index (χ0n) is 15.8. The molecule has 1 heterocycles. The average molecular weight is 394 g/mol. The van der Waals surface area contributed by atoms with Gasteiger partial charge >= 0.3 is 6.03 Å². The first-order chi connectivity index (χ1) is 14.0. The molecule has 1 fully saturated rings. The summed E-state index contributed by atoms with van der Waals surface area (Å²) in [5.74, 6) is 2.32. The van der Waals surface area contributed by atoms with Gasteiger partial charge in [0.05, 0.1) is 13.2 Å². The van der Waals surface area contributed by atoms with Crippen LogP contribution in [-0.4, -0.2) is 30.1 Å². The average Bonchev–Trinajstić information content (AvgIpc) is 2.96. The van der Waals surface area contributed by atoms with Crippen LogP contribution < -0.4 is 14.8 Å². The first-order valence-electron chi connectivity index (χ1n) is 8.94. The van der Waals surface area contributed by atoms with E-state index in [1.54, 1.807) is 30.3 Å². The zero-order chi connectivity index (χ0) is 20.8. The van der Waals surface area contributed by atoms with E-state index in [0.29, 0.717) is 23.7 Å². The molecule has 0 saturated carbocycles. The van der Waals surface area contributed by atoms with Crippen LogP contribution >= 0.6 is 0 Å². The van der Waals surface area contributed by atoms with Crippen LogP contribution in [0.3, 0.4) is 0 Å². The molecule has 29 heavy (non-hydrogen) atoms. The number of amides is 3. The fourth-order valence-electron chi connectivity index (χ4n) is 2.80. The molecule has 1 saturated heterocycles. The molecule has 2 aromatic carbocycles. The molecule has 0 aromatic heterocycles. The summed E-state index contributed by atoms with van der Waals surface area (Å²) >= 11 is 0.